The molecule has 0 saturated carbocycles. The molecule has 148 valence electrons. The van der Waals surface area contributed by atoms with Gasteiger partial charge >= 0.3 is 6.09 Å². The van der Waals surface area contributed by atoms with Crippen LogP contribution in [0.15, 0.2) is 54.6 Å². The van der Waals surface area contributed by atoms with Crippen molar-refractivity contribution in [3.8, 4) is 0 Å². The van der Waals surface area contributed by atoms with Crippen LogP contribution in [-0.2, 0) is 17.8 Å². The highest BCUT2D eigenvalue weighted by Gasteiger charge is 2.48. The summed E-state index contributed by atoms with van der Waals surface area (Å²) >= 11 is 0. The van der Waals surface area contributed by atoms with Crippen LogP contribution < -0.4 is 0 Å². The van der Waals surface area contributed by atoms with E-state index in [2.05, 4.69) is 0 Å². The zero-order valence-electron chi connectivity index (χ0n) is 15.9. The molecule has 5 heteroatoms. The van der Waals surface area contributed by atoms with Gasteiger partial charge in [-0.15, -0.1) is 0 Å². The second-order valence-electron chi connectivity index (χ2n) is 8.09. The van der Waals surface area contributed by atoms with Gasteiger partial charge in [0.2, 0.25) is 0 Å². The molecule has 4 rings (SSSR count). The molecule has 0 radical (unpaired) electrons. The molecule has 0 aromatic heterocycles. The number of carbonyl (C=O) groups excluding carboxylic acids is 1. The Morgan fingerprint density at radius 3 is 2.39 bits per heavy atom. The molecule has 2 heterocycles. The second kappa shape index (κ2) is 7.92. The van der Waals surface area contributed by atoms with E-state index in [-0.39, 0.29) is 37.0 Å². The molecule has 2 aromatic carbocycles. The standard InChI is InChI=1S/C23H26FNO3/c24-21-12-5-4-9-18(21)13-23(27)14-19-10-6-11-20(15-23)25(19)22(26)28-16-17-7-2-1-3-8-17/h1-5,7-9,12,19-20,27H,6,10-11,13-16H2. The van der Waals surface area contributed by atoms with E-state index in [1.54, 1.807) is 18.2 Å². The first-order chi connectivity index (χ1) is 13.5. The Bertz CT molecular complexity index is 812. The lowest BCUT2D eigenvalue weighted by atomic mass is 9.73. The largest absolute Gasteiger partial charge is 0.445 e. The Labute approximate surface area is 164 Å². The fraction of sp³-hybridized carbons (Fsp3) is 0.435. The van der Waals surface area contributed by atoms with Crippen molar-refractivity contribution in [1.29, 1.82) is 0 Å². The minimum atomic E-state index is -0.992. The minimum Gasteiger partial charge on any atom is -0.445 e. The number of fused-ring (bicyclic) bond motifs is 2. The topological polar surface area (TPSA) is 49.8 Å². The average molecular weight is 383 g/mol. The highest BCUT2D eigenvalue weighted by atomic mass is 19.1. The Balaban J connectivity index is 1.44. The molecular weight excluding hydrogens is 357 g/mol. The van der Waals surface area contributed by atoms with Gasteiger partial charge in [0.25, 0.3) is 0 Å². The Hall–Kier alpha value is -2.40. The van der Waals surface area contributed by atoms with Crippen molar-refractivity contribution in [3.05, 3.63) is 71.5 Å². The first kappa shape index (κ1) is 18.9. The van der Waals surface area contributed by atoms with Crippen molar-refractivity contribution in [2.75, 3.05) is 0 Å². The maximum absolute atomic E-state index is 14.1. The quantitative estimate of drug-likeness (QED) is 0.848. The molecule has 2 atom stereocenters. The number of nitrogens with zero attached hydrogens (tertiary/aromatic N) is 1. The van der Waals surface area contributed by atoms with Crippen LogP contribution in [0.1, 0.15) is 43.2 Å². The molecule has 4 nitrogen and oxygen atoms in total. The van der Waals surface area contributed by atoms with Gasteiger partial charge in [0.1, 0.15) is 12.4 Å². The van der Waals surface area contributed by atoms with Gasteiger partial charge in [0.05, 0.1) is 5.60 Å². The lowest BCUT2D eigenvalue weighted by molar-refractivity contribution is -0.0849. The van der Waals surface area contributed by atoms with E-state index in [4.69, 9.17) is 4.74 Å². The van der Waals surface area contributed by atoms with E-state index < -0.39 is 5.60 Å². The number of rotatable bonds is 4. The third kappa shape index (κ3) is 4.04. The molecule has 2 bridgehead atoms. The molecule has 1 amide bonds. The normalized spacial score (nSPS) is 26.7. The van der Waals surface area contributed by atoms with Crippen LogP contribution >= 0.6 is 0 Å². The molecule has 2 aromatic rings. The van der Waals surface area contributed by atoms with E-state index in [1.807, 2.05) is 35.2 Å². The van der Waals surface area contributed by atoms with E-state index in [9.17, 15) is 14.3 Å². The van der Waals surface area contributed by atoms with Gasteiger partial charge in [0, 0.05) is 18.5 Å². The van der Waals surface area contributed by atoms with Gasteiger partial charge in [-0.25, -0.2) is 9.18 Å². The number of ether oxygens (including phenoxy) is 1. The summed E-state index contributed by atoms with van der Waals surface area (Å²) in [6.45, 7) is 0.245. The van der Waals surface area contributed by atoms with E-state index >= 15 is 0 Å². The van der Waals surface area contributed by atoms with Crippen molar-refractivity contribution in [3.63, 3.8) is 0 Å². The lowest BCUT2D eigenvalue weighted by Crippen LogP contribution is -2.60. The summed E-state index contributed by atoms with van der Waals surface area (Å²) in [5.41, 5.74) is 0.492. The summed E-state index contributed by atoms with van der Waals surface area (Å²) in [6, 6.07) is 16.1. The Kier molecular flexibility index (Phi) is 5.36. The molecule has 2 fully saturated rings. The minimum absolute atomic E-state index is 0.0625. The van der Waals surface area contributed by atoms with E-state index in [0.717, 1.165) is 24.8 Å². The summed E-state index contributed by atoms with van der Waals surface area (Å²) in [5, 5.41) is 11.2. The van der Waals surface area contributed by atoms with Crippen molar-refractivity contribution in [1.82, 2.24) is 4.90 Å². The van der Waals surface area contributed by atoms with Gasteiger partial charge in [-0.3, -0.25) is 0 Å². The number of carbonyl (C=O) groups is 1. The number of benzene rings is 2. The van der Waals surface area contributed by atoms with Crippen LogP contribution in [-0.4, -0.2) is 33.8 Å². The zero-order chi connectivity index (χ0) is 19.6. The number of hydrogen-bond donors (Lipinski definition) is 1. The number of amides is 1. The number of aliphatic hydroxyl groups is 1. The van der Waals surface area contributed by atoms with Crippen LogP contribution in [0.3, 0.4) is 0 Å². The molecule has 1 N–H and O–H groups in total. The fourth-order valence-corrected chi connectivity index (χ4v) is 4.76. The van der Waals surface area contributed by atoms with Gasteiger partial charge in [-0.1, -0.05) is 48.5 Å². The van der Waals surface area contributed by atoms with Crippen molar-refractivity contribution in [2.24, 2.45) is 0 Å². The van der Waals surface area contributed by atoms with Gasteiger partial charge < -0.3 is 14.7 Å². The van der Waals surface area contributed by atoms with Crippen molar-refractivity contribution in [2.45, 2.75) is 62.8 Å². The maximum atomic E-state index is 14.1. The highest BCUT2D eigenvalue weighted by molar-refractivity contribution is 5.69. The van der Waals surface area contributed by atoms with Crippen LogP contribution in [0.2, 0.25) is 0 Å². The summed E-state index contributed by atoms with van der Waals surface area (Å²) in [6.07, 6.45) is 3.60. The first-order valence-corrected chi connectivity index (χ1v) is 9.99. The predicted molar refractivity (Wildman–Crippen MR) is 104 cm³/mol. The summed E-state index contributed by atoms with van der Waals surface area (Å²) in [4.78, 5) is 14.6. The molecule has 2 unspecified atom stereocenters. The van der Waals surface area contributed by atoms with E-state index in [0.29, 0.717) is 18.4 Å². The number of halogens is 1. The maximum Gasteiger partial charge on any atom is 0.410 e. The van der Waals surface area contributed by atoms with Gasteiger partial charge in [0.15, 0.2) is 0 Å². The van der Waals surface area contributed by atoms with Crippen LogP contribution in [0.25, 0.3) is 0 Å². The first-order valence-electron chi connectivity index (χ1n) is 9.99. The van der Waals surface area contributed by atoms with E-state index in [1.165, 1.54) is 6.07 Å². The molecule has 2 saturated heterocycles. The van der Waals surface area contributed by atoms with Crippen LogP contribution in [0, 0.1) is 5.82 Å². The zero-order valence-corrected chi connectivity index (χ0v) is 15.9. The molecule has 2 aliphatic rings. The monoisotopic (exact) mass is 383 g/mol. The predicted octanol–water partition coefficient (Wildman–Crippen LogP) is 4.45. The molecule has 0 spiro atoms. The van der Waals surface area contributed by atoms with Crippen molar-refractivity contribution >= 4 is 6.09 Å². The van der Waals surface area contributed by atoms with Gasteiger partial charge in [-0.2, -0.15) is 0 Å². The second-order valence-corrected chi connectivity index (χ2v) is 8.09. The summed E-state index contributed by atoms with van der Waals surface area (Å²) in [5.74, 6) is -0.286. The average Bonchev–Trinajstić information content (AvgIpc) is 2.68. The van der Waals surface area contributed by atoms with Gasteiger partial charge in [-0.05, 0) is 49.3 Å². The molecule has 0 aliphatic carbocycles. The third-order valence-corrected chi connectivity index (χ3v) is 5.99. The van der Waals surface area contributed by atoms with Crippen LogP contribution in [0.5, 0.6) is 0 Å². The SMILES string of the molecule is O=C(OCc1ccccc1)N1C2CCCC1CC(O)(Cc1ccccc1F)C2. The van der Waals surface area contributed by atoms with Crippen molar-refractivity contribution < 1.29 is 19.0 Å². The summed E-state index contributed by atoms with van der Waals surface area (Å²) in [7, 11) is 0. The lowest BCUT2D eigenvalue weighted by Gasteiger charge is -2.51. The third-order valence-electron chi connectivity index (χ3n) is 5.99. The molecular formula is C23H26FNO3. The Morgan fingerprint density at radius 2 is 1.71 bits per heavy atom. The Morgan fingerprint density at radius 1 is 1.07 bits per heavy atom. The molecule has 28 heavy (non-hydrogen) atoms. The number of piperidine rings is 2. The highest BCUT2D eigenvalue weighted by Crippen LogP contribution is 2.41. The smallest absolute Gasteiger partial charge is 0.410 e. The summed E-state index contributed by atoms with van der Waals surface area (Å²) < 4.78 is 19.6. The molecule has 2 aliphatic heterocycles. The fourth-order valence-electron chi connectivity index (χ4n) is 4.76. The van der Waals surface area contributed by atoms with Crippen LogP contribution in [0.4, 0.5) is 9.18 Å². The number of hydrogen-bond acceptors (Lipinski definition) is 3.